The Morgan fingerprint density at radius 3 is 1.84 bits per heavy atom. The fourth-order valence-corrected chi connectivity index (χ4v) is 4.66. The average Bonchev–Trinajstić information content (AvgIpc) is 2.78. The molecule has 0 amide bonds. The second-order valence-electron chi connectivity index (χ2n) is 8.22. The first kappa shape index (κ1) is 26.6. The Bertz CT molecular complexity index is 582. The van der Waals surface area contributed by atoms with Crippen molar-refractivity contribution in [3.63, 3.8) is 0 Å². The molecule has 0 spiro atoms. The molecule has 5 atom stereocenters. The van der Waals surface area contributed by atoms with E-state index in [0.29, 0.717) is 19.8 Å². The van der Waals surface area contributed by atoms with Gasteiger partial charge >= 0.3 is 0 Å². The quantitative estimate of drug-likeness (QED) is 0.360. The van der Waals surface area contributed by atoms with Crippen LogP contribution in [0.15, 0.2) is 29.2 Å². The van der Waals surface area contributed by atoms with Gasteiger partial charge in [0.2, 0.25) is 0 Å². The maximum Gasteiger partial charge on any atom is 0.137 e. The van der Waals surface area contributed by atoms with Gasteiger partial charge in [0.05, 0.1) is 6.61 Å². The molecule has 2 unspecified atom stereocenters. The molecule has 0 aromatic heterocycles. The molecule has 1 aliphatic rings. The SMILES string of the molecule is CCCCOC1[C@@H](OCCCC)C(CO)O[C@@H](Sc2ccc(C)cc2)[C@H]1OCCCC. The van der Waals surface area contributed by atoms with Crippen molar-refractivity contribution in [2.24, 2.45) is 0 Å². The number of hydrogen-bond acceptors (Lipinski definition) is 6. The summed E-state index contributed by atoms with van der Waals surface area (Å²) in [5.41, 5.74) is 0.956. The molecule has 0 bridgehead atoms. The predicted molar refractivity (Wildman–Crippen MR) is 127 cm³/mol. The van der Waals surface area contributed by atoms with Crippen molar-refractivity contribution in [3.05, 3.63) is 29.8 Å². The fraction of sp³-hybridized carbons (Fsp3) is 0.760. The Morgan fingerprint density at radius 2 is 1.32 bits per heavy atom. The number of unbranched alkanes of at least 4 members (excludes halogenated alkanes) is 3. The third-order valence-corrected chi connectivity index (χ3v) is 6.62. The van der Waals surface area contributed by atoms with E-state index in [0.717, 1.165) is 43.4 Å². The molecule has 1 N–H and O–H groups in total. The van der Waals surface area contributed by atoms with Gasteiger partial charge < -0.3 is 24.1 Å². The Balaban J connectivity index is 2.25. The smallest absolute Gasteiger partial charge is 0.137 e. The molecular formula is C25H42O5S. The van der Waals surface area contributed by atoms with Crippen molar-refractivity contribution in [2.45, 2.75) is 101 Å². The molecule has 5 nitrogen and oxygen atoms in total. The summed E-state index contributed by atoms with van der Waals surface area (Å²) in [5.74, 6) is 0. The van der Waals surface area contributed by atoms with Crippen LogP contribution in [0.2, 0.25) is 0 Å². The highest BCUT2D eigenvalue weighted by Gasteiger charge is 2.48. The lowest BCUT2D eigenvalue weighted by atomic mass is 9.99. The molecule has 178 valence electrons. The molecule has 1 saturated heterocycles. The van der Waals surface area contributed by atoms with Crippen LogP contribution in [0, 0.1) is 6.92 Å². The molecule has 31 heavy (non-hydrogen) atoms. The van der Waals surface area contributed by atoms with Crippen molar-refractivity contribution in [1.82, 2.24) is 0 Å². The minimum absolute atomic E-state index is 0.100. The first-order valence-electron chi connectivity index (χ1n) is 12.0. The number of rotatable bonds is 15. The second kappa shape index (κ2) is 15.3. The van der Waals surface area contributed by atoms with Gasteiger partial charge in [-0.15, -0.1) is 0 Å². The predicted octanol–water partition coefficient (Wildman–Crippen LogP) is 5.36. The van der Waals surface area contributed by atoms with E-state index in [-0.39, 0.29) is 30.4 Å². The third-order valence-electron chi connectivity index (χ3n) is 5.47. The molecule has 1 heterocycles. The van der Waals surface area contributed by atoms with Crippen LogP contribution in [0.5, 0.6) is 0 Å². The molecule has 2 rings (SSSR count). The van der Waals surface area contributed by atoms with E-state index in [9.17, 15) is 5.11 Å². The first-order chi connectivity index (χ1) is 15.1. The molecule has 0 aliphatic carbocycles. The summed E-state index contributed by atoms with van der Waals surface area (Å²) in [6, 6.07) is 8.43. The van der Waals surface area contributed by atoms with Gasteiger partial charge in [0.15, 0.2) is 0 Å². The van der Waals surface area contributed by atoms with E-state index < -0.39 is 6.10 Å². The van der Waals surface area contributed by atoms with Crippen molar-refractivity contribution >= 4 is 11.8 Å². The normalized spacial score (nSPS) is 26.3. The summed E-state index contributed by atoms with van der Waals surface area (Å²) in [6.07, 6.45) is 4.84. The van der Waals surface area contributed by atoms with Crippen LogP contribution >= 0.6 is 11.8 Å². The van der Waals surface area contributed by atoms with Crippen molar-refractivity contribution in [1.29, 1.82) is 0 Å². The van der Waals surface area contributed by atoms with Gasteiger partial charge in [0.25, 0.3) is 0 Å². The lowest BCUT2D eigenvalue weighted by molar-refractivity contribution is -0.244. The lowest BCUT2D eigenvalue weighted by Crippen LogP contribution is -2.60. The minimum Gasteiger partial charge on any atom is -0.394 e. The molecule has 1 fully saturated rings. The molecule has 6 heteroatoms. The second-order valence-corrected chi connectivity index (χ2v) is 9.40. The van der Waals surface area contributed by atoms with Gasteiger partial charge in [-0.25, -0.2) is 0 Å². The summed E-state index contributed by atoms with van der Waals surface area (Å²) in [7, 11) is 0. The van der Waals surface area contributed by atoms with Gasteiger partial charge in [0, 0.05) is 24.7 Å². The lowest BCUT2D eigenvalue weighted by Gasteiger charge is -2.45. The van der Waals surface area contributed by atoms with Gasteiger partial charge in [-0.2, -0.15) is 0 Å². The van der Waals surface area contributed by atoms with E-state index in [1.807, 2.05) is 0 Å². The van der Waals surface area contributed by atoms with E-state index in [1.165, 1.54) is 5.56 Å². The Kier molecular flexibility index (Phi) is 13.1. The first-order valence-corrected chi connectivity index (χ1v) is 12.9. The van der Waals surface area contributed by atoms with E-state index >= 15 is 0 Å². The number of benzene rings is 1. The number of aliphatic hydroxyl groups is 1. The van der Waals surface area contributed by atoms with Gasteiger partial charge in [-0.1, -0.05) is 69.5 Å². The number of aryl methyl sites for hydroxylation is 1. The average molecular weight is 455 g/mol. The molecule has 1 aromatic rings. The van der Waals surface area contributed by atoms with Gasteiger partial charge in [-0.05, 0) is 38.3 Å². The minimum atomic E-state index is -0.433. The maximum absolute atomic E-state index is 10.1. The zero-order valence-electron chi connectivity index (χ0n) is 19.8. The standard InChI is InChI=1S/C25H42O5S/c1-5-8-15-27-22-21(18-26)30-25(31-20-13-11-19(4)12-14-20)24(29-17-10-7-3)23(22)28-16-9-6-2/h11-14,21-26H,5-10,15-18H2,1-4H3/t21?,22-,23?,24-,25-/m0/s1. The Morgan fingerprint density at radius 1 is 0.806 bits per heavy atom. The van der Waals surface area contributed by atoms with E-state index in [2.05, 4.69) is 52.0 Å². The van der Waals surface area contributed by atoms with Crippen molar-refractivity contribution in [3.8, 4) is 0 Å². The zero-order valence-corrected chi connectivity index (χ0v) is 20.6. The van der Waals surface area contributed by atoms with Crippen LogP contribution in [0.25, 0.3) is 0 Å². The maximum atomic E-state index is 10.1. The highest BCUT2D eigenvalue weighted by molar-refractivity contribution is 7.99. The third kappa shape index (κ3) is 8.67. The number of thioether (sulfide) groups is 1. The largest absolute Gasteiger partial charge is 0.394 e. The molecule has 1 aromatic carbocycles. The zero-order chi connectivity index (χ0) is 22.5. The molecule has 1 aliphatic heterocycles. The van der Waals surface area contributed by atoms with Crippen LogP contribution < -0.4 is 0 Å². The van der Waals surface area contributed by atoms with Gasteiger partial charge in [-0.3, -0.25) is 0 Å². The monoisotopic (exact) mass is 454 g/mol. The van der Waals surface area contributed by atoms with Crippen LogP contribution in [-0.2, 0) is 18.9 Å². The molecule has 0 saturated carbocycles. The Hall–Kier alpha value is -0.630. The summed E-state index contributed by atoms with van der Waals surface area (Å²) >= 11 is 1.64. The summed E-state index contributed by atoms with van der Waals surface area (Å²) < 4.78 is 25.3. The number of hydrogen-bond donors (Lipinski definition) is 1. The summed E-state index contributed by atoms with van der Waals surface area (Å²) in [4.78, 5) is 1.12. The highest BCUT2D eigenvalue weighted by atomic mass is 32.2. The van der Waals surface area contributed by atoms with Crippen LogP contribution in [0.1, 0.15) is 64.9 Å². The summed E-state index contributed by atoms with van der Waals surface area (Å²) in [6.45, 7) is 10.4. The molecular weight excluding hydrogens is 412 g/mol. The number of aliphatic hydroxyl groups excluding tert-OH is 1. The Labute approximate surface area is 193 Å². The van der Waals surface area contributed by atoms with Crippen molar-refractivity contribution in [2.75, 3.05) is 26.4 Å². The van der Waals surface area contributed by atoms with Gasteiger partial charge in [0.1, 0.15) is 29.9 Å². The van der Waals surface area contributed by atoms with Crippen molar-refractivity contribution < 1.29 is 24.1 Å². The number of ether oxygens (including phenoxy) is 4. The topological polar surface area (TPSA) is 57.2 Å². The van der Waals surface area contributed by atoms with Crippen LogP contribution in [0.4, 0.5) is 0 Å². The molecule has 0 radical (unpaired) electrons. The summed E-state index contributed by atoms with van der Waals surface area (Å²) in [5, 5.41) is 10.1. The van der Waals surface area contributed by atoms with E-state index in [1.54, 1.807) is 11.8 Å². The highest BCUT2D eigenvalue weighted by Crippen LogP contribution is 2.37. The van der Waals surface area contributed by atoms with Crippen LogP contribution in [0.3, 0.4) is 0 Å². The van der Waals surface area contributed by atoms with E-state index in [4.69, 9.17) is 18.9 Å². The fourth-order valence-electron chi connectivity index (χ4n) is 3.53. The van der Waals surface area contributed by atoms with Crippen LogP contribution in [-0.4, -0.2) is 61.4 Å².